The van der Waals surface area contributed by atoms with E-state index in [4.69, 9.17) is 9.57 Å². The van der Waals surface area contributed by atoms with Crippen molar-refractivity contribution < 1.29 is 19.2 Å². The number of methoxy groups -OCH3 is 1. The second kappa shape index (κ2) is 6.44. The number of nitrogens with zero attached hydrogens (tertiary/aromatic N) is 2. The maximum Gasteiger partial charge on any atom is 0.281 e. The minimum absolute atomic E-state index is 0.0260. The molecule has 1 atom stereocenters. The number of carbonyl (C=O) groups excluding carboxylic acids is 2. The first-order valence-corrected chi connectivity index (χ1v) is 9.35. The van der Waals surface area contributed by atoms with Crippen molar-refractivity contribution in [1.82, 2.24) is 0 Å². The first-order valence-electron chi connectivity index (χ1n) is 9.35. The third-order valence-corrected chi connectivity index (χ3v) is 5.48. The summed E-state index contributed by atoms with van der Waals surface area (Å²) in [6, 6.07) is 20.7. The maximum absolute atomic E-state index is 13.2. The van der Waals surface area contributed by atoms with E-state index in [1.165, 1.54) is 4.90 Å². The number of carbonyl (C=O) groups is 2. The molecule has 2 amide bonds. The third-order valence-electron chi connectivity index (χ3n) is 5.48. The highest BCUT2D eigenvalue weighted by Crippen LogP contribution is 2.40. The van der Waals surface area contributed by atoms with Crippen LogP contribution < -0.4 is 9.64 Å². The van der Waals surface area contributed by atoms with Gasteiger partial charge in [0.25, 0.3) is 5.91 Å². The number of ether oxygens (including phenoxy) is 1. The summed E-state index contributed by atoms with van der Waals surface area (Å²) in [7, 11) is 1.60. The summed E-state index contributed by atoms with van der Waals surface area (Å²) in [5, 5.41) is 6.15. The summed E-state index contributed by atoms with van der Waals surface area (Å²) < 4.78 is 5.17. The maximum atomic E-state index is 13.2. The fourth-order valence-corrected chi connectivity index (χ4v) is 3.92. The Kier molecular flexibility index (Phi) is 3.87. The molecule has 6 heteroatoms. The van der Waals surface area contributed by atoms with Crippen molar-refractivity contribution in [3.63, 3.8) is 0 Å². The van der Waals surface area contributed by atoms with Crippen LogP contribution in [0.15, 0.2) is 71.9 Å². The van der Waals surface area contributed by atoms with Gasteiger partial charge in [0, 0.05) is 6.42 Å². The van der Waals surface area contributed by atoms with Gasteiger partial charge >= 0.3 is 0 Å². The molecule has 29 heavy (non-hydrogen) atoms. The van der Waals surface area contributed by atoms with Gasteiger partial charge in [0.15, 0.2) is 0 Å². The van der Waals surface area contributed by atoms with E-state index in [0.717, 1.165) is 22.1 Å². The Morgan fingerprint density at radius 3 is 2.48 bits per heavy atom. The van der Waals surface area contributed by atoms with Crippen molar-refractivity contribution in [2.45, 2.75) is 18.4 Å². The van der Waals surface area contributed by atoms with E-state index in [0.29, 0.717) is 11.4 Å². The van der Waals surface area contributed by atoms with E-state index in [1.807, 2.05) is 60.7 Å². The van der Waals surface area contributed by atoms with Gasteiger partial charge in [0.05, 0.1) is 24.9 Å². The lowest BCUT2D eigenvalue weighted by Gasteiger charge is -2.19. The van der Waals surface area contributed by atoms with Gasteiger partial charge in [-0.1, -0.05) is 35.5 Å². The average Bonchev–Trinajstić information content (AvgIpc) is 3.28. The van der Waals surface area contributed by atoms with Crippen LogP contribution in [0.25, 0.3) is 10.8 Å². The van der Waals surface area contributed by atoms with Crippen molar-refractivity contribution >= 4 is 34.0 Å². The van der Waals surface area contributed by atoms with Gasteiger partial charge in [-0.05, 0) is 52.7 Å². The number of imide groups is 1. The fraction of sp³-hybridized carbons (Fsp3) is 0.174. The number of benzene rings is 3. The summed E-state index contributed by atoms with van der Waals surface area (Å²) in [6.07, 6.45) is 0.232. The molecule has 6 nitrogen and oxygen atoms in total. The van der Waals surface area contributed by atoms with E-state index in [2.05, 4.69) is 5.16 Å². The van der Waals surface area contributed by atoms with Gasteiger partial charge in [-0.15, -0.1) is 0 Å². The summed E-state index contributed by atoms with van der Waals surface area (Å²) >= 11 is 0. The Balaban J connectivity index is 1.43. The minimum Gasteiger partial charge on any atom is -0.497 e. The Morgan fingerprint density at radius 2 is 1.72 bits per heavy atom. The molecule has 0 saturated carbocycles. The molecule has 0 unspecified atom stereocenters. The number of hydrogen-bond acceptors (Lipinski definition) is 5. The standard InChI is InChI=1S/C23H18N2O4/c1-28-19-10-7-16(8-11-19)20-13-23(29-24-20)14-21(26)25(22(23)27)18-9-6-15-4-2-3-5-17(15)12-18/h2-12H,13-14H2,1H3/t23-/m0/s1. The summed E-state index contributed by atoms with van der Waals surface area (Å²) in [6.45, 7) is 0. The van der Waals surface area contributed by atoms with Gasteiger partial charge in [-0.25, -0.2) is 4.90 Å². The average molecular weight is 386 g/mol. The van der Waals surface area contributed by atoms with Crippen LogP contribution in [0.4, 0.5) is 5.69 Å². The summed E-state index contributed by atoms with van der Waals surface area (Å²) in [4.78, 5) is 32.8. The quantitative estimate of drug-likeness (QED) is 0.644. The van der Waals surface area contributed by atoms with E-state index >= 15 is 0 Å². The van der Waals surface area contributed by atoms with Crippen LogP contribution in [0.1, 0.15) is 18.4 Å². The molecule has 0 aromatic heterocycles. The minimum atomic E-state index is -1.27. The van der Waals surface area contributed by atoms with E-state index in [1.54, 1.807) is 13.2 Å². The van der Waals surface area contributed by atoms with Crippen molar-refractivity contribution in [1.29, 1.82) is 0 Å². The molecule has 0 radical (unpaired) electrons. The van der Waals surface area contributed by atoms with Gasteiger partial charge in [-0.3, -0.25) is 9.59 Å². The zero-order chi connectivity index (χ0) is 20.0. The number of hydrogen-bond donors (Lipinski definition) is 0. The molecular formula is C23H18N2O4. The van der Waals surface area contributed by atoms with E-state index < -0.39 is 5.60 Å². The van der Waals surface area contributed by atoms with Crippen LogP contribution in [-0.4, -0.2) is 30.2 Å². The predicted molar refractivity (Wildman–Crippen MR) is 109 cm³/mol. The first kappa shape index (κ1) is 17.4. The third kappa shape index (κ3) is 2.76. The Hall–Kier alpha value is -3.67. The van der Waals surface area contributed by atoms with Crippen LogP contribution in [0.3, 0.4) is 0 Å². The van der Waals surface area contributed by atoms with Crippen LogP contribution >= 0.6 is 0 Å². The molecule has 1 saturated heterocycles. The predicted octanol–water partition coefficient (Wildman–Crippen LogP) is 3.68. The van der Waals surface area contributed by atoms with Gasteiger partial charge in [0.2, 0.25) is 11.5 Å². The molecule has 1 spiro atoms. The summed E-state index contributed by atoms with van der Waals surface area (Å²) in [5.74, 6) is 0.0825. The van der Waals surface area contributed by atoms with Gasteiger partial charge < -0.3 is 9.57 Å². The van der Waals surface area contributed by atoms with Crippen LogP contribution in [0.5, 0.6) is 5.75 Å². The molecular weight excluding hydrogens is 368 g/mol. The Labute approximate surface area is 167 Å². The zero-order valence-corrected chi connectivity index (χ0v) is 15.8. The fourth-order valence-electron chi connectivity index (χ4n) is 3.92. The van der Waals surface area contributed by atoms with E-state index in [-0.39, 0.29) is 24.7 Å². The highest BCUT2D eigenvalue weighted by atomic mass is 16.7. The molecule has 1 fully saturated rings. The van der Waals surface area contributed by atoms with Gasteiger partial charge in [-0.2, -0.15) is 0 Å². The van der Waals surface area contributed by atoms with Crippen molar-refractivity contribution in [2.75, 3.05) is 12.0 Å². The SMILES string of the molecule is COc1ccc(C2=NO[C@]3(CC(=O)N(c4ccc5ccccc5c4)C3=O)C2)cc1. The monoisotopic (exact) mass is 386 g/mol. The Bertz CT molecular complexity index is 1170. The smallest absolute Gasteiger partial charge is 0.281 e. The number of oxime groups is 1. The number of anilines is 1. The molecule has 3 aromatic carbocycles. The lowest BCUT2D eigenvalue weighted by atomic mass is 9.92. The highest BCUT2D eigenvalue weighted by molar-refractivity contribution is 6.26. The highest BCUT2D eigenvalue weighted by Gasteiger charge is 2.58. The van der Waals surface area contributed by atoms with Crippen molar-refractivity contribution in [3.05, 3.63) is 72.3 Å². The number of amides is 2. The van der Waals surface area contributed by atoms with Crippen molar-refractivity contribution in [3.8, 4) is 5.75 Å². The molecule has 144 valence electrons. The molecule has 2 aliphatic rings. The lowest BCUT2D eigenvalue weighted by molar-refractivity contribution is -0.136. The molecule has 5 rings (SSSR count). The van der Waals surface area contributed by atoms with E-state index in [9.17, 15) is 9.59 Å². The van der Waals surface area contributed by atoms with Crippen LogP contribution in [0, 0.1) is 0 Å². The largest absolute Gasteiger partial charge is 0.497 e. The van der Waals surface area contributed by atoms with Gasteiger partial charge in [0.1, 0.15) is 5.75 Å². The molecule has 2 aliphatic heterocycles. The molecule has 0 N–H and O–H groups in total. The molecule has 0 aliphatic carbocycles. The summed E-state index contributed by atoms with van der Waals surface area (Å²) in [5.41, 5.74) is 0.774. The normalized spacial score (nSPS) is 21.0. The Morgan fingerprint density at radius 1 is 0.966 bits per heavy atom. The second-order valence-electron chi connectivity index (χ2n) is 7.27. The topological polar surface area (TPSA) is 68.2 Å². The zero-order valence-electron chi connectivity index (χ0n) is 15.8. The molecule has 3 aromatic rings. The lowest BCUT2D eigenvalue weighted by Crippen LogP contribution is -2.40. The number of rotatable bonds is 3. The van der Waals surface area contributed by atoms with Crippen molar-refractivity contribution in [2.24, 2.45) is 5.16 Å². The molecule has 2 heterocycles. The molecule has 0 bridgehead atoms. The number of fused-ring (bicyclic) bond motifs is 1. The van der Waals surface area contributed by atoms with Crippen LogP contribution in [-0.2, 0) is 14.4 Å². The first-order chi connectivity index (χ1) is 14.1. The second-order valence-corrected chi connectivity index (χ2v) is 7.27. The van der Waals surface area contributed by atoms with Crippen LogP contribution in [0.2, 0.25) is 0 Å².